The molecule has 0 radical (unpaired) electrons. The summed E-state index contributed by atoms with van der Waals surface area (Å²) in [4.78, 5) is 16.5. The maximum atomic E-state index is 13.9. The highest BCUT2D eigenvalue weighted by Crippen LogP contribution is 2.24. The van der Waals surface area contributed by atoms with Crippen molar-refractivity contribution in [1.82, 2.24) is 4.90 Å². The van der Waals surface area contributed by atoms with Gasteiger partial charge < -0.3 is 9.80 Å². The highest BCUT2D eigenvalue weighted by Gasteiger charge is 2.26. The molecule has 0 spiro atoms. The number of hydrogen-bond donors (Lipinski definition) is 0. The van der Waals surface area contributed by atoms with Crippen LogP contribution in [0.4, 0.5) is 10.1 Å². The lowest BCUT2D eigenvalue weighted by atomic mass is 10.1. The molecule has 5 heteroatoms. The monoisotopic (exact) mass is 332 g/mol. The molecule has 1 saturated heterocycles. The van der Waals surface area contributed by atoms with E-state index in [1.54, 1.807) is 11.0 Å². The zero-order chi connectivity index (χ0) is 16.4. The highest BCUT2D eigenvalue weighted by atomic mass is 35.5. The smallest absolute Gasteiger partial charge is 0.258 e. The number of amides is 1. The van der Waals surface area contributed by atoms with Gasteiger partial charge in [0.1, 0.15) is 5.82 Å². The maximum absolute atomic E-state index is 13.9. The Morgan fingerprint density at radius 2 is 1.74 bits per heavy atom. The van der Waals surface area contributed by atoms with Gasteiger partial charge in [0.15, 0.2) is 0 Å². The fourth-order valence-corrected chi connectivity index (χ4v) is 3.17. The lowest BCUT2D eigenvalue weighted by molar-refractivity contribution is 0.0742. The maximum Gasteiger partial charge on any atom is 0.258 e. The molecule has 0 aromatic heterocycles. The molecule has 3 rings (SSSR count). The first-order chi connectivity index (χ1) is 11.1. The summed E-state index contributed by atoms with van der Waals surface area (Å²) >= 11 is 5.99. The van der Waals surface area contributed by atoms with Crippen molar-refractivity contribution < 1.29 is 9.18 Å². The predicted octanol–water partition coefficient (Wildman–Crippen LogP) is 3.75. The van der Waals surface area contributed by atoms with E-state index in [0.717, 1.165) is 13.1 Å². The van der Waals surface area contributed by atoms with Gasteiger partial charge in [0.25, 0.3) is 5.91 Å². The second-order valence-electron chi connectivity index (χ2n) is 5.66. The Balaban J connectivity index is 1.72. The minimum atomic E-state index is -0.566. The number of aryl methyl sites for hydroxylation is 1. The van der Waals surface area contributed by atoms with E-state index in [9.17, 15) is 9.18 Å². The van der Waals surface area contributed by atoms with E-state index >= 15 is 0 Å². The molecule has 3 nitrogen and oxygen atoms in total. The van der Waals surface area contributed by atoms with Crippen molar-refractivity contribution in [2.45, 2.75) is 6.92 Å². The molecule has 1 fully saturated rings. The SMILES string of the molecule is Cc1ccccc1N1CCN(C(=O)c2c(F)cccc2Cl)CC1. The molecule has 23 heavy (non-hydrogen) atoms. The van der Waals surface area contributed by atoms with Crippen molar-refractivity contribution in [2.24, 2.45) is 0 Å². The molecule has 1 amide bonds. The van der Waals surface area contributed by atoms with Crippen LogP contribution in [0, 0.1) is 12.7 Å². The van der Waals surface area contributed by atoms with Crippen molar-refractivity contribution in [3.8, 4) is 0 Å². The predicted molar refractivity (Wildman–Crippen MR) is 90.7 cm³/mol. The van der Waals surface area contributed by atoms with Crippen LogP contribution in [-0.2, 0) is 0 Å². The van der Waals surface area contributed by atoms with Crippen molar-refractivity contribution in [3.05, 3.63) is 64.4 Å². The van der Waals surface area contributed by atoms with Gasteiger partial charge in [-0.15, -0.1) is 0 Å². The van der Waals surface area contributed by atoms with Gasteiger partial charge in [-0.1, -0.05) is 35.9 Å². The summed E-state index contributed by atoms with van der Waals surface area (Å²) in [6.45, 7) is 4.63. The Bertz CT molecular complexity index is 706. The first-order valence-electron chi connectivity index (χ1n) is 7.62. The number of carbonyl (C=O) groups is 1. The van der Waals surface area contributed by atoms with Gasteiger partial charge in [-0.25, -0.2) is 4.39 Å². The molecular formula is C18H18ClFN2O. The Labute approximate surface area is 140 Å². The average molecular weight is 333 g/mol. The molecule has 0 aliphatic carbocycles. The van der Waals surface area contributed by atoms with E-state index in [1.807, 2.05) is 12.1 Å². The third-order valence-corrected chi connectivity index (χ3v) is 4.51. The second-order valence-corrected chi connectivity index (χ2v) is 6.07. The lowest BCUT2D eigenvalue weighted by Gasteiger charge is -2.37. The zero-order valence-corrected chi connectivity index (χ0v) is 13.7. The molecule has 0 saturated carbocycles. The summed E-state index contributed by atoms with van der Waals surface area (Å²) in [5.74, 6) is -0.902. The van der Waals surface area contributed by atoms with E-state index in [-0.39, 0.29) is 16.5 Å². The average Bonchev–Trinajstić information content (AvgIpc) is 2.55. The molecule has 1 heterocycles. The molecule has 1 aliphatic rings. The van der Waals surface area contributed by atoms with Gasteiger partial charge in [-0.3, -0.25) is 4.79 Å². The zero-order valence-electron chi connectivity index (χ0n) is 12.9. The van der Waals surface area contributed by atoms with Gasteiger partial charge in [0.2, 0.25) is 0 Å². The second kappa shape index (κ2) is 6.59. The van der Waals surface area contributed by atoms with Crippen molar-refractivity contribution in [2.75, 3.05) is 31.1 Å². The van der Waals surface area contributed by atoms with Crippen LogP contribution in [-0.4, -0.2) is 37.0 Å². The molecule has 120 valence electrons. The Morgan fingerprint density at radius 3 is 2.39 bits per heavy atom. The molecule has 0 atom stereocenters. The molecular weight excluding hydrogens is 315 g/mol. The Morgan fingerprint density at radius 1 is 1.04 bits per heavy atom. The number of para-hydroxylation sites is 1. The van der Waals surface area contributed by atoms with Crippen molar-refractivity contribution in [3.63, 3.8) is 0 Å². The number of nitrogens with zero attached hydrogens (tertiary/aromatic N) is 2. The summed E-state index contributed by atoms with van der Waals surface area (Å²) in [6, 6.07) is 12.5. The molecule has 0 N–H and O–H groups in total. The topological polar surface area (TPSA) is 23.6 Å². The highest BCUT2D eigenvalue weighted by molar-refractivity contribution is 6.33. The van der Waals surface area contributed by atoms with Crippen LogP contribution in [0.15, 0.2) is 42.5 Å². The summed E-state index contributed by atoms with van der Waals surface area (Å²) in [5, 5.41) is 0.163. The summed E-state index contributed by atoms with van der Waals surface area (Å²) in [7, 11) is 0. The normalized spacial score (nSPS) is 14.9. The number of carbonyl (C=O) groups excluding carboxylic acids is 1. The van der Waals surface area contributed by atoms with Crippen LogP contribution < -0.4 is 4.90 Å². The number of benzene rings is 2. The number of anilines is 1. The van der Waals surface area contributed by atoms with E-state index in [2.05, 4.69) is 24.0 Å². The van der Waals surface area contributed by atoms with Crippen LogP contribution >= 0.6 is 11.6 Å². The standard InChI is InChI=1S/C18H18ClFN2O/c1-13-5-2-3-8-16(13)21-9-11-22(12-10-21)18(23)17-14(19)6-4-7-15(17)20/h2-8H,9-12H2,1H3. The number of rotatable bonds is 2. The van der Waals surface area contributed by atoms with Gasteiger partial charge >= 0.3 is 0 Å². The lowest BCUT2D eigenvalue weighted by Crippen LogP contribution is -2.49. The van der Waals surface area contributed by atoms with Crippen molar-refractivity contribution >= 4 is 23.2 Å². The minimum Gasteiger partial charge on any atom is -0.368 e. The molecule has 0 unspecified atom stereocenters. The fourth-order valence-electron chi connectivity index (χ4n) is 2.93. The Kier molecular flexibility index (Phi) is 4.53. The van der Waals surface area contributed by atoms with E-state index in [4.69, 9.17) is 11.6 Å². The van der Waals surface area contributed by atoms with Gasteiger partial charge in [0.05, 0.1) is 10.6 Å². The van der Waals surface area contributed by atoms with Gasteiger partial charge in [-0.05, 0) is 30.7 Å². The van der Waals surface area contributed by atoms with Crippen LogP contribution in [0.2, 0.25) is 5.02 Å². The summed E-state index contributed by atoms with van der Waals surface area (Å²) < 4.78 is 13.9. The number of hydrogen-bond acceptors (Lipinski definition) is 2. The minimum absolute atomic E-state index is 0.0292. The van der Waals surface area contributed by atoms with E-state index < -0.39 is 5.82 Å². The van der Waals surface area contributed by atoms with Crippen LogP contribution in [0.5, 0.6) is 0 Å². The molecule has 0 bridgehead atoms. The van der Waals surface area contributed by atoms with Crippen molar-refractivity contribution in [1.29, 1.82) is 0 Å². The fraction of sp³-hybridized carbons (Fsp3) is 0.278. The van der Waals surface area contributed by atoms with Crippen LogP contribution in [0.1, 0.15) is 15.9 Å². The van der Waals surface area contributed by atoms with Crippen LogP contribution in [0.3, 0.4) is 0 Å². The molecule has 1 aliphatic heterocycles. The largest absolute Gasteiger partial charge is 0.368 e. The number of halogens is 2. The van der Waals surface area contributed by atoms with E-state index in [0.29, 0.717) is 13.1 Å². The molecule has 2 aromatic carbocycles. The third-order valence-electron chi connectivity index (χ3n) is 4.20. The van der Waals surface area contributed by atoms with Gasteiger partial charge in [-0.2, -0.15) is 0 Å². The Hall–Kier alpha value is -2.07. The first-order valence-corrected chi connectivity index (χ1v) is 7.99. The first kappa shape index (κ1) is 15.8. The molecule has 2 aromatic rings. The summed E-state index contributed by atoms with van der Waals surface area (Å²) in [5.41, 5.74) is 2.37. The third kappa shape index (κ3) is 3.17. The van der Waals surface area contributed by atoms with Gasteiger partial charge in [0, 0.05) is 31.9 Å². The number of piperazine rings is 1. The summed E-state index contributed by atoms with van der Waals surface area (Å²) in [6.07, 6.45) is 0. The quantitative estimate of drug-likeness (QED) is 0.836. The van der Waals surface area contributed by atoms with E-state index in [1.165, 1.54) is 23.4 Å². The van der Waals surface area contributed by atoms with Crippen LogP contribution in [0.25, 0.3) is 0 Å².